The summed E-state index contributed by atoms with van der Waals surface area (Å²) in [6.07, 6.45) is 5.96. The van der Waals surface area contributed by atoms with Crippen LogP contribution in [0.2, 0.25) is 0 Å². The molecule has 1 aromatic carbocycles. The van der Waals surface area contributed by atoms with Gasteiger partial charge >= 0.3 is 0 Å². The summed E-state index contributed by atoms with van der Waals surface area (Å²) >= 11 is 0. The highest BCUT2D eigenvalue weighted by Gasteiger charge is 2.29. The van der Waals surface area contributed by atoms with E-state index in [1.807, 2.05) is 37.3 Å². The van der Waals surface area contributed by atoms with Gasteiger partial charge in [-0.1, -0.05) is 51.0 Å². The fourth-order valence-corrected chi connectivity index (χ4v) is 4.53. The molecule has 0 aliphatic rings. The van der Waals surface area contributed by atoms with Crippen LogP contribution in [0.3, 0.4) is 0 Å². The van der Waals surface area contributed by atoms with Crippen LogP contribution in [-0.4, -0.2) is 6.61 Å². The molecular weight excluding hydrogens is 255 g/mol. The van der Waals surface area contributed by atoms with Gasteiger partial charge in [0.15, 0.2) is 0 Å². The van der Waals surface area contributed by atoms with E-state index in [0.717, 1.165) is 36.3 Å². The molecule has 106 valence electrons. The van der Waals surface area contributed by atoms with Gasteiger partial charge in [0.1, 0.15) is 0 Å². The normalized spacial score (nSPS) is 15.2. The smallest absolute Gasteiger partial charge is 0.257 e. The molecule has 2 nitrogen and oxygen atoms in total. The first-order chi connectivity index (χ1) is 9.19. The predicted molar refractivity (Wildman–Crippen MR) is 83.2 cm³/mol. The predicted octanol–water partition coefficient (Wildman–Crippen LogP) is 5.11. The standard InChI is InChI=1S/C16H25O2P/c1-4-7-12-15(11-5-2)19(17,18-6-3)16-13-9-8-10-14-16/h8-10,12-14H,4-7,11H2,1-3H3/b15-12+. The molecule has 0 heterocycles. The lowest BCUT2D eigenvalue weighted by molar-refractivity contribution is 0.344. The second kappa shape index (κ2) is 8.35. The van der Waals surface area contributed by atoms with Gasteiger partial charge in [0.2, 0.25) is 0 Å². The minimum absolute atomic E-state index is 0.472. The summed E-state index contributed by atoms with van der Waals surface area (Å²) < 4.78 is 19.0. The number of unbranched alkanes of at least 4 members (excludes halogenated alkanes) is 1. The van der Waals surface area contributed by atoms with Crippen molar-refractivity contribution in [3.05, 3.63) is 41.7 Å². The van der Waals surface area contributed by atoms with E-state index in [1.54, 1.807) is 0 Å². The number of rotatable bonds is 8. The highest BCUT2D eigenvalue weighted by molar-refractivity contribution is 7.71. The fourth-order valence-electron chi connectivity index (χ4n) is 2.07. The molecule has 0 saturated heterocycles. The van der Waals surface area contributed by atoms with Crippen molar-refractivity contribution < 1.29 is 9.09 Å². The zero-order chi connectivity index (χ0) is 14.1. The molecule has 0 aliphatic heterocycles. The number of hydrogen-bond donors (Lipinski definition) is 0. The Kier molecular flexibility index (Phi) is 7.12. The first-order valence-corrected chi connectivity index (χ1v) is 8.81. The Balaban J connectivity index is 3.19. The highest BCUT2D eigenvalue weighted by Crippen LogP contribution is 2.55. The van der Waals surface area contributed by atoms with Crippen molar-refractivity contribution >= 4 is 12.7 Å². The van der Waals surface area contributed by atoms with Crippen molar-refractivity contribution in [2.75, 3.05) is 6.61 Å². The minimum atomic E-state index is -2.87. The van der Waals surface area contributed by atoms with Crippen LogP contribution in [0.5, 0.6) is 0 Å². The molecule has 0 aliphatic carbocycles. The summed E-state index contributed by atoms with van der Waals surface area (Å²) in [5.74, 6) is 0. The first-order valence-electron chi connectivity index (χ1n) is 7.18. The Morgan fingerprint density at radius 2 is 1.84 bits per heavy atom. The zero-order valence-electron chi connectivity index (χ0n) is 12.3. The van der Waals surface area contributed by atoms with Crippen LogP contribution in [0.1, 0.15) is 46.5 Å². The molecule has 19 heavy (non-hydrogen) atoms. The fraction of sp³-hybridized carbons (Fsp3) is 0.500. The quantitative estimate of drug-likeness (QED) is 0.618. The summed E-state index contributed by atoms with van der Waals surface area (Å²) in [6.45, 7) is 6.62. The monoisotopic (exact) mass is 280 g/mol. The Hall–Kier alpha value is -0.850. The molecule has 0 fully saturated rings. The van der Waals surface area contributed by atoms with Gasteiger partial charge < -0.3 is 4.52 Å². The molecule has 0 N–H and O–H groups in total. The van der Waals surface area contributed by atoms with E-state index < -0.39 is 7.37 Å². The third-order valence-corrected chi connectivity index (χ3v) is 5.72. The molecule has 0 amide bonds. The molecule has 1 unspecified atom stereocenters. The average molecular weight is 280 g/mol. The number of hydrogen-bond acceptors (Lipinski definition) is 2. The minimum Gasteiger partial charge on any atom is -0.323 e. The molecule has 0 spiro atoms. The molecule has 1 aromatic rings. The zero-order valence-corrected chi connectivity index (χ0v) is 13.2. The maximum Gasteiger partial charge on any atom is 0.257 e. The van der Waals surface area contributed by atoms with Gasteiger partial charge in [-0.05, 0) is 31.9 Å². The Morgan fingerprint density at radius 1 is 1.16 bits per heavy atom. The molecule has 0 radical (unpaired) electrons. The summed E-state index contributed by atoms with van der Waals surface area (Å²) in [5, 5.41) is 1.79. The van der Waals surface area contributed by atoms with Crippen LogP contribution in [0.25, 0.3) is 0 Å². The molecule has 0 aromatic heterocycles. The molecule has 0 saturated carbocycles. The summed E-state index contributed by atoms with van der Waals surface area (Å²) in [4.78, 5) is 0. The van der Waals surface area contributed by atoms with E-state index >= 15 is 0 Å². The van der Waals surface area contributed by atoms with E-state index in [-0.39, 0.29) is 0 Å². The number of benzene rings is 1. The summed E-state index contributed by atoms with van der Waals surface area (Å²) in [6, 6.07) is 9.60. The van der Waals surface area contributed by atoms with E-state index in [2.05, 4.69) is 19.9 Å². The van der Waals surface area contributed by atoms with Crippen molar-refractivity contribution in [2.45, 2.75) is 46.5 Å². The van der Waals surface area contributed by atoms with Crippen LogP contribution in [0, 0.1) is 0 Å². The van der Waals surface area contributed by atoms with E-state index in [9.17, 15) is 4.57 Å². The molecule has 1 atom stereocenters. The van der Waals surface area contributed by atoms with E-state index in [0.29, 0.717) is 6.61 Å². The lowest BCUT2D eigenvalue weighted by Gasteiger charge is -2.21. The largest absolute Gasteiger partial charge is 0.323 e. The molecule has 0 bridgehead atoms. The second-order valence-electron chi connectivity index (χ2n) is 4.54. The number of allylic oxidation sites excluding steroid dienone is 2. The van der Waals surface area contributed by atoms with Gasteiger partial charge in [-0.2, -0.15) is 0 Å². The van der Waals surface area contributed by atoms with Gasteiger partial charge in [0, 0.05) is 10.6 Å². The highest BCUT2D eigenvalue weighted by atomic mass is 31.2. The van der Waals surface area contributed by atoms with Gasteiger partial charge in [0.05, 0.1) is 6.61 Å². The van der Waals surface area contributed by atoms with Crippen molar-refractivity contribution in [1.82, 2.24) is 0 Å². The van der Waals surface area contributed by atoms with Crippen molar-refractivity contribution in [2.24, 2.45) is 0 Å². The second-order valence-corrected chi connectivity index (χ2v) is 6.99. The summed E-state index contributed by atoms with van der Waals surface area (Å²) in [7, 11) is -2.87. The van der Waals surface area contributed by atoms with Gasteiger partial charge in [-0.25, -0.2) is 0 Å². The van der Waals surface area contributed by atoms with Gasteiger partial charge in [0.25, 0.3) is 7.37 Å². The Bertz CT molecular complexity index is 437. The van der Waals surface area contributed by atoms with Crippen LogP contribution in [0.15, 0.2) is 41.7 Å². The topological polar surface area (TPSA) is 26.3 Å². The third-order valence-electron chi connectivity index (χ3n) is 2.96. The van der Waals surface area contributed by atoms with E-state index in [1.165, 1.54) is 0 Å². The van der Waals surface area contributed by atoms with Crippen molar-refractivity contribution in [1.29, 1.82) is 0 Å². The maximum absolute atomic E-state index is 13.3. The SMILES string of the molecule is CCC/C=C(\CCC)P(=O)(OCC)c1ccccc1. The lowest BCUT2D eigenvalue weighted by Crippen LogP contribution is -2.09. The molecule has 3 heteroatoms. The molecular formula is C16H25O2P. The van der Waals surface area contributed by atoms with Crippen molar-refractivity contribution in [3.63, 3.8) is 0 Å². The van der Waals surface area contributed by atoms with Crippen LogP contribution in [0.4, 0.5) is 0 Å². The van der Waals surface area contributed by atoms with Crippen LogP contribution >= 0.6 is 7.37 Å². The van der Waals surface area contributed by atoms with E-state index in [4.69, 9.17) is 4.52 Å². The Labute approximate surface area is 117 Å². The lowest BCUT2D eigenvalue weighted by atomic mass is 10.2. The van der Waals surface area contributed by atoms with Crippen LogP contribution < -0.4 is 5.30 Å². The molecule has 1 rings (SSSR count). The van der Waals surface area contributed by atoms with Gasteiger partial charge in [-0.3, -0.25) is 4.57 Å². The first kappa shape index (κ1) is 16.2. The third kappa shape index (κ3) is 4.33. The van der Waals surface area contributed by atoms with Crippen molar-refractivity contribution in [3.8, 4) is 0 Å². The maximum atomic E-state index is 13.3. The Morgan fingerprint density at radius 3 is 2.37 bits per heavy atom. The average Bonchev–Trinajstić information content (AvgIpc) is 2.44. The van der Waals surface area contributed by atoms with Gasteiger partial charge in [-0.15, -0.1) is 0 Å². The summed E-state index contributed by atoms with van der Waals surface area (Å²) in [5.41, 5.74) is 0. The van der Waals surface area contributed by atoms with Crippen LogP contribution in [-0.2, 0) is 9.09 Å².